The SMILES string of the molecule is CCCCCCCCCCc1cccc2ccccc12.[NaH]. The molecule has 0 heterocycles. The molecule has 0 amide bonds. The van der Waals surface area contributed by atoms with Crippen LogP contribution in [-0.4, -0.2) is 29.6 Å². The number of hydrogen-bond acceptors (Lipinski definition) is 0. The van der Waals surface area contributed by atoms with Gasteiger partial charge in [-0.2, -0.15) is 0 Å². The number of fused-ring (bicyclic) bond motifs is 1. The molecule has 2 aromatic carbocycles. The zero-order chi connectivity index (χ0) is 14.0. The molecule has 0 aromatic heterocycles. The van der Waals surface area contributed by atoms with Crippen LogP contribution in [0, 0.1) is 0 Å². The third-order valence-corrected chi connectivity index (χ3v) is 4.18. The van der Waals surface area contributed by atoms with Gasteiger partial charge in [0, 0.05) is 0 Å². The van der Waals surface area contributed by atoms with E-state index in [2.05, 4.69) is 49.4 Å². The van der Waals surface area contributed by atoms with Crippen molar-refractivity contribution in [3.8, 4) is 0 Å². The first-order valence-electron chi connectivity index (χ1n) is 8.38. The average Bonchev–Trinajstić information content (AvgIpc) is 2.50. The summed E-state index contributed by atoms with van der Waals surface area (Å²) in [6.07, 6.45) is 12.4. The molecule has 0 fully saturated rings. The first kappa shape index (κ1) is 18.7. The maximum absolute atomic E-state index is 2.30. The van der Waals surface area contributed by atoms with Crippen molar-refractivity contribution in [2.24, 2.45) is 0 Å². The maximum atomic E-state index is 2.30. The van der Waals surface area contributed by atoms with Gasteiger partial charge in [0.25, 0.3) is 0 Å². The number of aryl methyl sites for hydroxylation is 1. The van der Waals surface area contributed by atoms with E-state index in [-0.39, 0.29) is 29.6 Å². The van der Waals surface area contributed by atoms with Crippen LogP contribution in [0.15, 0.2) is 42.5 Å². The summed E-state index contributed by atoms with van der Waals surface area (Å²) in [5.74, 6) is 0. The van der Waals surface area contributed by atoms with Crippen molar-refractivity contribution in [1.29, 1.82) is 0 Å². The zero-order valence-electron chi connectivity index (χ0n) is 12.9. The Labute approximate surface area is 152 Å². The van der Waals surface area contributed by atoms with Gasteiger partial charge in [-0.1, -0.05) is 94.3 Å². The van der Waals surface area contributed by atoms with Crippen LogP contribution < -0.4 is 0 Å². The van der Waals surface area contributed by atoms with E-state index in [4.69, 9.17) is 0 Å². The summed E-state index contributed by atoms with van der Waals surface area (Å²) in [7, 11) is 0. The first-order valence-corrected chi connectivity index (χ1v) is 8.38. The number of hydrogen-bond donors (Lipinski definition) is 0. The minimum absolute atomic E-state index is 0. The van der Waals surface area contributed by atoms with Crippen LogP contribution in [-0.2, 0) is 6.42 Å². The molecule has 0 saturated carbocycles. The molecule has 0 spiro atoms. The Morgan fingerprint density at radius 1 is 0.667 bits per heavy atom. The van der Waals surface area contributed by atoms with E-state index in [1.807, 2.05) is 0 Å². The van der Waals surface area contributed by atoms with Gasteiger partial charge in [0.05, 0.1) is 0 Å². The minimum atomic E-state index is 0. The second-order valence-electron chi connectivity index (χ2n) is 5.86. The summed E-state index contributed by atoms with van der Waals surface area (Å²) < 4.78 is 0. The second kappa shape index (κ2) is 11.3. The van der Waals surface area contributed by atoms with Crippen LogP contribution in [0.25, 0.3) is 10.8 Å². The molecule has 2 aromatic rings. The molecular formula is C20H29Na. The van der Waals surface area contributed by atoms with Crippen LogP contribution in [0.3, 0.4) is 0 Å². The van der Waals surface area contributed by atoms with Crippen molar-refractivity contribution in [3.63, 3.8) is 0 Å². The van der Waals surface area contributed by atoms with E-state index in [9.17, 15) is 0 Å². The molecule has 0 saturated heterocycles. The summed E-state index contributed by atoms with van der Waals surface area (Å²) in [6, 6.07) is 15.5. The first-order chi connectivity index (χ1) is 9.92. The van der Waals surface area contributed by atoms with Gasteiger partial charge in [0.1, 0.15) is 0 Å². The molecule has 0 aliphatic rings. The summed E-state index contributed by atoms with van der Waals surface area (Å²) in [6.45, 7) is 2.28. The Morgan fingerprint density at radius 3 is 2.05 bits per heavy atom. The van der Waals surface area contributed by atoms with E-state index >= 15 is 0 Å². The topological polar surface area (TPSA) is 0 Å². The van der Waals surface area contributed by atoms with Crippen molar-refractivity contribution in [2.45, 2.75) is 64.7 Å². The van der Waals surface area contributed by atoms with Crippen LogP contribution >= 0.6 is 0 Å². The van der Waals surface area contributed by atoms with Gasteiger partial charge < -0.3 is 0 Å². The molecule has 0 atom stereocenters. The molecule has 0 nitrogen and oxygen atoms in total. The van der Waals surface area contributed by atoms with Gasteiger partial charge in [-0.25, -0.2) is 0 Å². The molecule has 0 bridgehead atoms. The standard InChI is InChI=1S/C20H28.Na.H/c1-2-3-4-5-6-7-8-9-13-18-15-12-16-19-14-10-11-17-20(18)19;;/h10-12,14-17H,2-9,13H2,1H3;;. The summed E-state index contributed by atoms with van der Waals surface area (Å²) >= 11 is 0. The third kappa shape index (κ3) is 6.55. The van der Waals surface area contributed by atoms with E-state index < -0.39 is 0 Å². The Kier molecular flexibility index (Phi) is 10.1. The predicted molar refractivity (Wildman–Crippen MR) is 97.4 cm³/mol. The van der Waals surface area contributed by atoms with Gasteiger partial charge in [0.2, 0.25) is 0 Å². The second-order valence-corrected chi connectivity index (χ2v) is 5.86. The van der Waals surface area contributed by atoms with Crippen LogP contribution in [0.5, 0.6) is 0 Å². The molecule has 0 aliphatic carbocycles. The fourth-order valence-corrected chi connectivity index (χ4v) is 2.96. The van der Waals surface area contributed by atoms with Gasteiger partial charge in [-0.05, 0) is 29.2 Å². The summed E-state index contributed by atoms with van der Waals surface area (Å²) in [5, 5.41) is 2.82. The molecule has 0 unspecified atom stereocenters. The number of rotatable bonds is 9. The monoisotopic (exact) mass is 292 g/mol. The van der Waals surface area contributed by atoms with Gasteiger partial charge in [-0.15, -0.1) is 0 Å². The molecular weight excluding hydrogens is 263 g/mol. The molecule has 1 heteroatoms. The Morgan fingerprint density at radius 2 is 1.29 bits per heavy atom. The molecule has 0 N–H and O–H groups in total. The number of benzene rings is 2. The van der Waals surface area contributed by atoms with Crippen LogP contribution in [0.1, 0.15) is 63.9 Å². The quantitative estimate of drug-likeness (QED) is 0.400. The van der Waals surface area contributed by atoms with Crippen molar-refractivity contribution in [3.05, 3.63) is 48.0 Å². The summed E-state index contributed by atoms with van der Waals surface area (Å²) in [5.41, 5.74) is 1.52. The van der Waals surface area contributed by atoms with Crippen LogP contribution in [0.2, 0.25) is 0 Å². The Hall–Kier alpha value is -0.300. The van der Waals surface area contributed by atoms with Crippen molar-refractivity contribution in [1.82, 2.24) is 0 Å². The molecule has 2 rings (SSSR count). The van der Waals surface area contributed by atoms with Crippen molar-refractivity contribution >= 4 is 40.3 Å². The van der Waals surface area contributed by atoms with E-state index in [1.165, 1.54) is 74.1 Å². The predicted octanol–water partition coefficient (Wildman–Crippen LogP) is 5.87. The normalized spacial score (nSPS) is 10.5. The van der Waals surface area contributed by atoms with Crippen LogP contribution in [0.4, 0.5) is 0 Å². The number of unbranched alkanes of at least 4 members (excludes halogenated alkanes) is 7. The third-order valence-electron chi connectivity index (χ3n) is 4.18. The molecule has 110 valence electrons. The Balaban J connectivity index is 0.00000220. The van der Waals surface area contributed by atoms with E-state index in [0.29, 0.717) is 0 Å². The molecule has 0 radical (unpaired) electrons. The van der Waals surface area contributed by atoms with Gasteiger partial charge in [-0.3, -0.25) is 0 Å². The zero-order valence-corrected chi connectivity index (χ0v) is 12.9. The van der Waals surface area contributed by atoms with Crippen molar-refractivity contribution in [2.75, 3.05) is 0 Å². The summed E-state index contributed by atoms with van der Waals surface area (Å²) in [4.78, 5) is 0. The van der Waals surface area contributed by atoms with Gasteiger partial charge in [0.15, 0.2) is 0 Å². The average molecular weight is 292 g/mol. The molecule has 0 aliphatic heterocycles. The van der Waals surface area contributed by atoms with E-state index in [1.54, 1.807) is 0 Å². The fourth-order valence-electron chi connectivity index (χ4n) is 2.96. The van der Waals surface area contributed by atoms with E-state index in [0.717, 1.165) is 0 Å². The Bertz CT molecular complexity index is 499. The fraction of sp³-hybridized carbons (Fsp3) is 0.500. The van der Waals surface area contributed by atoms with Crippen molar-refractivity contribution < 1.29 is 0 Å². The van der Waals surface area contributed by atoms with Gasteiger partial charge >= 0.3 is 29.6 Å². The molecule has 21 heavy (non-hydrogen) atoms.